The Morgan fingerprint density at radius 2 is 2.09 bits per heavy atom. The van der Waals surface area contributed by atoms with E-state index in [1.54, 1.807) is 36.0 Å². The summed E-state index contributed by atoms with van der Waals surface area (Å²) in [5, 5.41) is 9.64. The number of carbonyl (C=O) groups is 1. The van der Waals surface area contributed by atoms with E-state index in [2.05, 4.69) is 15.7 Å². The molecule has 0 aliphatic carbocycles. The first kappa shape index (κ1) is 16.8. The van der Waals surface area contributed by atoms with Crippen LogP contribution >= 0.6 is 0 Å². The number of hydrogen-bond donors (Lipinski definition) is 2. The Balaban J connectivity index is 1.77. The summed E-state index contributed by atoms with van der Waals surface area (Å²) in [6, 6.07) is 5.42. The van der Waals surface area contributed by atoms with Gasteiger partial charge in [-0.1, -0.05) is 12.1 Å². The molecule has 2 atom stereocenters. The van der Waals surface area contributed by atoms with Gasteiger partial charge < -0.3 is 15.4 Å². The highest BCUT2D eigenvalue weighted by Gasteiger charge is 2.13. The van der Waals surface area contributed by atoms with Gasteiger partial charge in [-0.25, -0.2) is 9.18 Å². The molecule has 2 amide bonds. The van der Waals surface area contributed by atoms with Crippen molar-refractivity contribution in [1.82, 2.24) is 20.4 Å². The van der Waals surface area contributed by atoms with Crippen LogP contribution in [0.4, 0.5) is 9.18 Å². The second-order valence-electron chi connectivity index (χ2n) is 5.43. The minimum Gasteiger partial charge on any atom is -0.488 e. The molecule has 2 rings (SSSR count). The molecule has 1 aromatic heterocycles. The lowest BCUT2D eigenvalue weighted by atomic mass is 10.2. The molecule has 0 spiro atoms. The van der Waals surface area contributed by atoms with E-state index in [-0.39, 0.29) is 30.5 Å². The lowest BCUT2D eigenvalue weighted by Gasteiger charge is -2.18. The summed E-state index contributed by atoms with van der Waals surface area (Å²) in [7, 11) is 1.82. The summed E-state index contributed by atoms with van der Waals surface area (Å²) in [6.07, 6.45) is 3.55. The predicted octanol–water partition coefficient (Wildman–Crippen LogP) is 2.39. The van der Waals surface area contributed by atoms with Crippen molar-refractivity contribution < 1.29 is 13.9 Å². The maximum Gasteiger partial charge on any atom is 0.315 e. The largest absolute Gasteiger partial charge is 0.488 e. The van der Waals surface area contributed by atoms with Gasteiger partial charge in [-0.2, -0.15) is 5.10 Å². The fourth-order valence-corrected chi connectivity index (χ4v) is 2.03. The smallest absolute Gasteiger partial charge is 0.315 e. The Kier molecular flexibility index (Phi) is 5.56. The van der Waals surface area contributed by atoms with E-state index in [4.69, 9.17) is 4.74 Å². The number of para-hydroxylation sites is 1. The molecular weight excluding hydrogens is 299 g/mol. The van der Waals surface area contributed by atoms with Crippen molar-refractivity contribution >= 4 is 6.03 Å². The van der Waals surface area contributed by atoms with Crippen LogP contribution in [0.2, 0.25) is 0 Å². The average Bonchev–Trinajstić information content (AvgIpc) is 2.93. The van der Waals surface area contributed by atoms with Gasteiger partial charge in [0.2, 0.25) is 0 Å². The van der Waals surface area contributed by atoms with Gasteiger partial charge in [-0.05, 0) is 26.0 Å². The SMILES string of the molecule is C[C@@H](COc1ccccc1F)NC(=O)N[C@H](C)c1cnn(C)c1. The first-order chi connectivity index (χ1) is 11.0. The van der Waals surface area contributed by atoms with Gasteiger partial charge in [0.1, 0.15) is 6.61 Å². The number of ether oxygens (including phenoxy) is 1. The molecule has 0 fully saturated rings. The highest BCUT2D eigenvalue weighted by atomic mass is 19.1. The molecule has 2 N–H and O–H groups in total. The molecule has 0 saturated carbocycles. The number of amides is 2. The summed E-state index contributed by atoms with van der Waals surface area (Å²) < 4.78 is 20.5. The van der Waals surface area contributed by atoms with Crippen LogP contribution in [0.1, 0.15) is 25.5 Å². The number of hydrogen-bond acceptors (Lipinski definition) is 3. The van der Waals surface area contributed by atoms with Gasteiger partial charge in [0.15, 0.2) is 11.6 Å². The molecule has 23 heavy (non-hydrogen) atoms. The van der Waals surface area contributed by atoms with Crippen molar-refractivity contribution in [3.05, 3.63) is 48.0 Å². The van der Waals surface area contributed by atoms with Crippen molar-refractivity contribution in [2.45, 2.75) is 25.9 Å². The normalized spacial score (nSPS) is 13.2. The molecule has 6 nitrogen and oxygen atoms in total. The average molecular weight is 320 g/mol. The van der Waals surface area contributed by atoms with Crippen LogP contribution in [0.25, 0.3) is 0 Å². The Morgan fingerprint density at radius 1 is 1.35 bits per heavy atom. The van der Waals surface area contributed by atoms with Crippen LogP contribution in [0.5, 0.6) is 5.75 Å². The number of nitrogens with one attached hydrogen (secondary N) is 2. The monoisotopic (exact) mass is 320 g/mol. The third kappa shape index (κ3) is 4.98. The molecular formula is C16H21FN4O2. The number of nitrogens with zero attached hydrogens (tertiary/aromatic N) is 2. The lowest BCUT2D eigenvalue weighted by Crippen LogP contribution is -2.44. The van der Waals surface area contributed by atoms with Crippen molar-refractivity contribution in [1.29, 1.82) is 0 Å². The third-order valence-electron chi connectivity index (χ3n) is 3.28. The molecule has 7 heteroatoms. The zero-order valence-electron chi connectivity index (χ0n) is 13.4. The summed E-state index contributed by atoms with van der Waals surface area (Å²) in [5.74, 6) is -0.250. The number of aromatic nitrogens is 2. The van der Waals surface area contributed by atoms with E-state index >= 15 is 0 Å². The molecule has 0 unspecified atom stereocenters. The second-order valence-corrected chi connectivity index (χ2v) is 5.43. The van der Waals surface area contributed by atoms with Crippen LogP contribution in [0.3, 0.4) is 0 Å². The van der Waals surface area contributed by atoms with Crippen LogP contribution in [0, 0.1) is 5.82 Å². The second kappa shape index (κ2) is 7.62. The van der Waals surface area contributed by atoms with Gasteiger partial charge in [0, 0.05) is 18.8 Å². The fraction of sp³-hybridized carbons (Fsp3) is 0.375. The minimum atomic E-state index is -0.422. The number of carbonyl (C=O) groups excluding carboxylic acids is 1. The van der Waals surface area contributed by atoms with Gasteiger partial charge in [-0.3, -0.25) is 4.68 Å². The van der Waals surface area contributed by atoms with Gasteiger partial charge in [0.05, 0.1) is 18.3 Å². The molecule has 0 saturated heterocycles. The van der Waals surface area contributed by atoms with Crippen molar-refractivity contribution in [2.75, 3.05) is 6.61 Å². The molecule has 0 aliphatic heterocycles. The maximum atomic E-state index is 13.4. The quantitative estimate of drug-likeness (QED) is 0.859. The first-order valence-corrected chi connectivity index (χ1v) is 7.38. The van der Waals surface area contributed by atoms with Gasteiger partial charge in [-0.15, -0.1) is 0 Å². The van der Waals surface area contributed by atoms with Crippen molar-refractivity contribution in [2.24, 2.45) is 7.05 Å². The molecule has 0 radical (unpaired) electrons. The van der Waals surface area contributed by atoms with Crippen molar-refractivity contribution in [3.63, 3.8) is 0 Å². The summed E-state index contributed by atoms with van der Waals surface area (Å²) >= 11 is 0. The topological polar surface area (TPSA) is 68.2 Å². The van der Waals surface area contributed by atoms with Gasteiger partial charge in [0.25, 0.3) is 0 Å². The van der Waals surface area contributed by atoms with Crippen LogP contribution in [-0.4, -0.2) is 28.5 Å². The maximum absolute atomic E-state index is 13.4. The Labute approximate surface area is 134 Å². The molecule has 0 aliphatic rings. The molecule has 124 valence electrons. The van der Waals surface area contributed by atoms with Crippen LogP contribution in [0.15, 0.2) is 36.7 Å². The Morgan fingerprint density at radius 3 is 2.74 bits per heavy atom. The standard InChI is InChI=1S/C16H21FN4O2/c1-11(10-23-15-7-5-4-6-14(15)17)19-16(22)20-12(2)13-8-18-21(3)9-13/h4-9,11-12H,10H2,1-3H3,(H2,19,20,22)/t11-,12+/m0/s1. The van der Waals surface area contributed by atoms with E-state index in [0.717, 1.165) is 5.56 Å². The van der Waals surface area contributed by atoms with Crippen LogP contribution in [-0.2, 0) is 7.05 Å². The molecule has 1 aromatic carbocycles. The summed E-state index contributed by atoms with van der Waals surface area (Å²) in [5.41, 5.74) is 0.915. The molecule has 0 bridgehead atoms. The zero-order valence-corrected chi connectivity index (χ0v) is 13.4. The molecule has 2 aromatic rings. The van der Waals surface area contributed by atoms with E-state index in [0.29, 0.717) is 0 Å². The number of aryl methyl sites for hydroxylation is 1. The number of halogens is 1. The van der Waals surface area contributed by atoms with E-state index in [1.807, 2.05) is 20.2 Å². The number of rotatable bonds is 6. The highest BCUT2D eigenvalue weighted by molar-refractivity contribution is 5.74. The first-order valence-electron chi connectivity index (χ1n) is 7.38. The number of urea groups is 1. The predicted molar refractivity (Wildman–Crippen MR) is 84.6 cm³/mol. The van der Waals surface area contributed by atoms with E-state index in [1.165, 1.54) is 6.07 Å². The fourth-order valence-electron chi connectivity index (χ4n) is 2.03. The Bertz CT molecular complexity index is 659. The lowest BCUT2D eigenvalue weighted by molar-refractivity contribution is 0.222. The van der Waals surface area contributed by atoms with E-state index < -0.39 is 5.82 Å². The third-order valence-corrected chi connectivity index (χ3v) is 3.28. The number of benzene rings is 1. The molecule has 1 heterocycles. The highest BCUT2D eigenvalue weighted by Crippen LogP contribution is 2.15. The Hall–Kier alpha value is -2.57. The summed E-state index contributed by atoms with van der Waals surface area (Å²) in [4.78, 5) is 11.9. The van der Waals surface area contributed by atoms with E-state index in [9.17, 15) is 9.18 Å². The minimum absolute atomic E-state index is 0.164. The van der Waals surface area contributed by atoms with Crippen molar-refractivity contribution in [3.8, 4) is 5.75 Å². The zero-order chi connectivity index (χ0) is 16.8. The van der Waals surface area contributed by atoms with Gasteiger partial charge >= 0.3 is 6.03 Å². The van der Waals surface area contributed by atoms with Crippen LogP contribution < -0.4 is 15.4 Å². The summed E-state index contributed by atoms with van der Waals surface area (Å²) in [6.45, 7) is 3.84.